The average Bonchev–Trinajstić information content (AvgIpc) is 2.49. The summed E-state index contributed by atoms with van der Waals surface area (Å²) in [5, 5.41) is 17.1. The Labute approximate surface area is 131 Å². The lowest BCUT2D eigenvalue weighted by atomic mass is 10.3. The van der Waals surface area contributed by atoms with E-state index in [9.17, 15) is 14.5 Å². The van der Waals surface area contributed by atoms with Crippen LogP contribution in [0.15, 0.2) is 30.6 Å². The van der Waals surface area contributed by atoms with Crippen LogP contribution in [0, 0.1) is 15.9 Å². The first-order valence-electron chi connectivity index (χ1n) is 6.78. The molecule has 0 spiro atoms. The monoisotopic (exact) mass is 321 g/mol. The van der Waals surface area contributed by atoms with Gasteiger partial charge in [0.1, 0.15) is 12.1 Å². The van der Waals surface area contributed by atoms with Gasteiger partial charge in [0.25, 0.3) is 0 Å². The van der Waals surface area contributed by atoms with Gasteiger partial charge in [0.2, 0.25) is 11.6 Å². The Kier molecular flexibility index (Phi) is 5.36. The Bertz CT molecular complexity index is 681. The second-order valence-corrected chi connectivity index (χ2v) is 4.81. The van der Waals surface area contributed by atoms with Gasteiger partial charge in [-0.15, -0.1) is 0 Å². The molecule has 1 aromatic carbocycles. The fraction of sp³-hybridized carbons (Fsp3) is 0.286. The first kappa shape index (κ1) is 16.6. The zero-order chi connectivity index (χ0) is 16.8. The van der Waals surface area contributed by atoms with Crippen molar-refractivity contribution in [2.75, 3.05) is 24.4 Å². The third kappa shape index (κ3) is 4.33. The van der Waals surface area contributed by atoms with E-state index in [-0.39, 0.29) is 23.4 Å². The lowest BCUT2D eigenvalue weighted by molar-refractivity contribution is -0.383. The van der Waals surface area contributed by atoms with E-state index >= 15 is 0 Å². The van der Waals surface area contributed by atoms with Gasteiger partial charge < -0.3 is 15.4 Å². The van der Waals surface area contributed by atoms with Gasteiger partial charge in [-0.05, 0) is 31.2 Å². The SMILES string of the molecule is COCC(C)Nc1ncnc(Nc2ccc(F)cc2)c1[N+](=O)[O-]. The Morgan fingerprint density at radius 2 is 1.96 bits per heavy atom. The predicted molar refractivity (Wildman–Crippen MR) is 83.3 cm³/mol. The van der Waals surface area contributed by atoms with Gasteiger partial charge in [0.15, 0.2) is 0 Å². The average molecular weight is 321 g/mol. The molecular formula is C14H16FN5O3. The van der Waals surface area contributed by atoms with Crippen LogP contribution >= 0.6 is 0 Å². The Hall–Kier alpha value is -2.81. The minimum Gasteiger partial charge on any atom is -0.383 e. The second-order valence-electron chi connectivity index (χ2n) is 4.81. The highest BCUT2D eigenvalue weighted by molar-refractivity contribution is 5.73. The third-order valence-corrected chi connectivity index (χ3v) is 2.91. The zero-order valence-electron chi connectivity index (χ0n) is 12.6. The number of anilines is 3. The Morgan fingerprint density at radius 1 is 1.30 bits per heavy atom. The summed E-state index contributed by atoms with van der Waals surface area (Å²) < 4.78 is 17.9. The van der Waals surface area contributed by atoms with Crippen LogP contribution in [0.5, 0.6) is 0 Å². The summed E-state index contributed by atoms with van der Waals surface area (Å²) in [6, 6.07) is 5.24. The molecule has 9 heteroatoms. The number of methoxy groups -OCH3 is 1. The number of halogens is 1. The molecule has 2 N–H and O–H groups in total. The first-order valence-corrected chi connectivity index (χ1v) is 6.78. The quantitative estimate of drug-likeness (QED) is 0.597. The molecule has 1 heterocycles. The number of ether oxygens (including phenoxy) is 1. The predicted octanol–water partition coefficient (Wildman–Crippen LogP) is 2.71. The molecule has 1 atom stereocenters. The topological polar surface area (TPSA) is 102 Å². The van der Waals surface area contributed by atoms with Crippen molar-refractivity contribution in [3.8, 4) is 0 Å². The van der Waals surface area contributed by atoms with Crippen molar-refractivity contribution in [2.24, 2.45) is 0 Å². The molecule has 2 aromatic rings. The fourth-order valence-electron chi connectivity index (χ4n) is 1.94. The van der Waals surface area contributed by atoms with Crippen LogP contribution < -0.4 is 10.6 Å². The molecule has 0 aliphatic carbocycles. The van der Waals surface area contributed by atoms with E-state index in [0.717, 1.165) is 0 Å². The summed E-state index contributed by atoms with van der Waals surface area (Å²) >= 11 is 0. The molecular weight excluding hydrogens is 305 g/mol. The maximum Gasteiger partial charge on any atom is 0.353 e. The van der Waals surface area contributed by atoms with E-state index in [2.05, 4.69) is 20.6 Å². The number of nitro groups is 1. The maximum atomic E-state index is 12.9. The molecule has 1 unspecified atom stereocenters. The van der Waals surface area contributed by atoms with Gasteiger partial charge in [-0.25, -0.2) is 14.4 Å². The number of hydrogen-bond acceptors (Lipinski definition) is 7. The van der Waals surface area contributed by atoms with Gasteiger partial charge >= 0.3 is 5.69 Å². The molecule has 8 nitrogen and oxygen atoms in total. The summed E-state index contributed by atoms with van der Waals surface area (Å²) in [4.78, 5) is 18.6. The van der Waals surface area contributed by atoms with E-state index in [0.29, 0.717) is 12.3 Å². The Balaban J connectivity index is 2.31. The van der Waals surface area contributed by atoms with Crippen LogP contribution in [-0.2, 0) is 4.74 Å². The number of hydrogen-bond donors (Lipinski definition) is 2. The summed E-state index contributed by atoms with van der Waals surface area (Å²) in [5.41, 5.74) is 0.184. The van der Waals surface area contributed by atoms with E-state index in [4.69, 9.17) is 4.74 Å². The van der Waals surface area contributed by atoms with Crippen molar-refractivity contribution in [3.63, 3.8) is 0 Å². The van der Waals surface area contributed by atoms with Crippen LogP contribution in [0.4, 0.5) is 27.4 Å². The molecule has 2 rings (SSSR count). The number of benzene rings is 1. The lowest BCUT2D eigenvalue weighted by Crippen LogP contribution is -2.22. The molecule has 0 amide bonds. The van der Waals surface area contributed by atoms with Crippen molar-refractivity contribution < 1.29 is 14.1 Å². The summed E-state index contributed by atoms with van der Waals surface area (Å²) in [7, 11) is 1.54. The van der Waals surface area contributed by atoms with Gasteiger partial charge in [-0.2, -0.15) is 0 Å². The minimum atomic E-state index is -0.576. The fourth-order valence-corrected chi connectivity index (χ4v) is 1.94. The van der Waals surface area contributed by atoms with Crippen LogP contribution in [0.1, 0.15) is 6.92 Å². The van der Waals surface area contributed by atoms with Crippen molar-refractivity contribution in [1.82, 2.24) is 9.97 Å². The number of rotatable bonds is 7. The zero-order valence-corrected chi connectivity index (χ0v) is 12.6. The largest absolute Gasteiger partial charge is 0.383 e. The molecule has 0 saturated carbocycles. The molecule has 23 heavy (non-hydrogen) atoms. The normalized spacial score (nSPS) is 11.8. The summed E-state index contributed by atoms with van der Waals surface area (Å²) in [6.45, 7) is 2.17. The second kappa shape index (κ2) is 7.45. The van der Waals surface area contributed by atoms with Gasteiger partial charge in [0.05, 0.1) is 11.5 Å². The molecule has 1 aromatic heterocycles. The smallest absolute Gasteiger partial charge is 0.353 e. The third-order valence-electron chi connectivity index (χ3n) is 2.91. The highest BCUT2D eigenvalue weighted by Crippen LogP contribution is 2.31. The van der Waals surface area contributed by atoms with Crippen molar-refractivity contribution >= 4 is 23.0 Å². The van der Waals surface area contributed by atoms with Crippen LogP contribution in [0.25, 0.3) is 0 Å². The highest BCUT2D eigenvalue weighted by Gasteiger charge is 2.24. The molecule has 122 valence electrons. The standard InChI is InChI=1S/C14H16FN5O3/c1-9(7-23-2)18-13-12(20(21)22)14(17-8-16-13)19-11-5-3-10(15)4-6-11/h3-6,8-9H,7H2,1-2H3,(H2,16,17,18,19). The molecule has 0 aliphatic rings. The summed E-state index contributed by atoms with van der Waals surface area (Å²) in [6.07, 6.45) is 1.21. The number of aromatic nitrogens is 2. The first-order chi connectivity index (χ1) is 11.0. The molecule has 0 radical (unpaired) electrons. The number of nitrogens with one attached hydrogen (secondary N) is 2. The van der Waals surface area contributed by atoms with Crippen molar-refractivity contribution in [3.05, 3.63) is 46.5 Å². The molecule has 0 bridgehead atoms. The van der Waals surface area contributed by atoms with Gasteiger partial charge in [-0.1, -0.05) is 0 Å². The van der Waals surface area contributed by atoms with Crippen LogP contribution in [0.2, 0.25) is 0 Å². The van der Waals surface area contributed by atoms with Crippen LogP contribution in [-0.4, -0.2) is 34.6 Å². The van der Waals surface area contributed by atoms with E-state index in [1.165, 1.54) is 37.7 Å². The molecule has 0 fully saturated rings. The van der Waals surface area contributed by atoms with E-state index in [1.54, 1.807) is 0 Å². The van der Waals surface area contributed by atoms with E-state index < -0.39 is 10.7 Å². The van der Waals surface area contributed by atoms with Gasteiger partial charge in [0, 0.05) is 18.8 Å². The Morgan fingerprint density at radius 3 is 2.57 bits per heavy atom. The van der Waals surface area contributed by atoms with Crippen molar-refractivity contribution in [1.29, 1.82) is 0 Å². The molecule has 0 saturated heterocycles. The maximum absolute atomic E-state index is 12.9. The molecule has 0 aliphatic heterocycles. The number of nitrogens with zero attached hydrogens (tertiary/aromatic N) is 3. The van der Waals surface area contributed by atoms with Crippen LogP contribution in [0.3, 0.4) is 0 Å². The van der Waals surface area contributed by atoms with Gasteiger partial charge in [-0.3, -0.25) is 10.1 Å². The van der Waals surface area contributed by atoms with E-state index in [1.807, 2.05) is 6.92 Å². The lowest BCUT2D eigenvalue weighted by Gasteiger charge is -2.14. The van der Waals surface area contributed by atoms with Crippen molar-refractivity contribution in [2.45, 2.75) is 13.0 Å². The summed E-state index contributed by atoms with van der Waals surface area (Å²) in [5.74, 6) is -0.300. The minimum absolute atomic E-state index is 0.0173. The highest BCUT2D eigenvalue weighted by atomic mass is 19.1.